The molecule has 10 heteroatoms. The lowest BCUT2D eigenvalue weighted by Gasteiger charge is -2.18. The van der Waals surface area contributed by atoms with E-state index in [0.717, 1.165) is 24.3 Å². The molecule has 0 bridgehead atoms. The molecule has 0 saturated heterocycles. The number of esters is 1. The van der Waals surface area contributed by atoms with Crippen molar-refractivity contribution in [1.82, 2.24) is 4.98 Å². The van der Waals surface area contributed by atoms with Crippen LogP contribution in [-0.4, -0.2) is 29.7 Å². The Bertz CT molecular complexity index is 1200. The van der Waals surface area contributed by atoms with Crippen LogP contribution >= 0.6 is 0 Å². The van der Waals surface area contributed by atoms with Crippen LogP contribution in [0.5, 0.6) is 5.75 Å². The summed E-state index contributed by atoms with van der Waals surface area (Å²) >= 11 is 0. The molecule has 184 valence electrons. The van der Waals surface area contributed by atoms with Gasteiger partial charge in [0.05, 0.1) is 17.9 Å². The number of Topliss-reactive ketones (excluding diaryl/α,β-unsaturated/α-hetero) is 1. The highest BCUT2D eigenvalue weighted by molar-refractivity contribution is 5.89. The monoisotopic (exact) mass is 493 g/mol. The summed E-state index contributed by atoms with van der Waals surface area (Å²) in [6.07, 6.45) is -4.17. The van der Waals surface area contributed by atoms with E-state index >= 15 is 0 Å². The predicted molar refractivity (Wildman–Crippen MR) is 115 cm³/mol. The van der Waals surface area contributed by atoms with E-state index < -0.39 is 35.6 Å². The molecule has 0 aliphatic carbocycles. The second kappa shape index (κ2) is 11.1. The molecule has 0 spiro atoms. The van der Waals surface area contributed by atoms with Crippen molar-refractivity contribution in [3.05, 3.63) is 94.8 Å². The first-order valence-electron chi connectivity index (χ1n) is 10.5. The molecule has 0 aliphatic heterocycles. The van der Waals surface area contributed by atoms with E-state index in [2.05, 4.69) is 9.72 Å². The maximum absolute atomic E-state index is 14.5. The van der Waals surface area contributed by atoms with Gasteiger partial charge >= 0.3 is 12.3 Å². The van der Waals surface area contributed by atoms with Gasteiger partial charge in [0.2, 0.25) is 0 Å². The minimum absolute atomic E-state index is 0.0561. The number of alkyl halides is 3. The van der Waals surface area contributed by atoms with Crippen LogP contribution < -0.4 is 4.74 Å². The number of hydrogen-bond acceptors (Lipinski definition) is 5. The second-order valence-electron chi connectivity index (χ2n) is 7.50. The molecule has 0 amide bonds. The topological polar surface area (TPSA) is 65.5 Å². The molecule has 3 aromatic rings. The number of rotatable bonds is 9. The van der Waals surface area contributed by atoms with Crippen LogP contribution in [0, 0.1) is 11.6 Å². The van der Waals surface area contributed by atoms with Gasteiger partial charge in [-0.05, 0) is 54.4 Å². The summed E-state index contributed by atoms with van der Waals surface area (Å²) in [6.45, 7) is 1.89. The fourth-order valence-electron chi connectivity index (χ4n) is 3.47. The number of aromatic nitrogens is 1. The van der Waals surface area contributed by atoms with Crippen molar-refractivity contribution >= 4 is 11.8 Å². The van der Waals surface area contributed by atoms with Gasteiger partial charge in [0, 0.05) is 25.0 Å². The molecular formula is C25H20F5NO4. The van der Waals surface area contributed by atoms with E-state index in [0.29, 0.717) is 11.1 Å². The molecule has 0 saturated carbocycles. The smallest absolute Gasteiger partial charge is 0.462 e. The van der Waals surface area contributed by atoms with Gasteiger partial charge in [0.25, 0.3) is 0 Å². The summed E-state index contributed by atoms with van der Waals surface area (Å²) in [5, 5.41) is 0. The highest BCUT2D eigenvalue weighted by Gasteiger charge is 2.33. The lowest BCUT2D eigenvalue weighted by molar-refractivity contribution is -0.275. The summed E-state index contributed by atoms with van der Waals surface area (Å²) in [5.74, 6) is -5.04. The van der Waals surface area contributed by atoms with E-state index in [-0.39, 0.29) is 36.5 Å². The zero-order chi connectivity index (χ0) is 25.6. The molecule has 0 N–H and O–H groups in total. The van der Waals surface area contributed by atoms with E-state index in [1.54, 1.807) is 19.1 Å². The Morgan fingerprint density at radius 3 is 2.31 bits per heavy atom. The fourth-order valence-corrected chi connectivity index (χ4v) is 3.47. The standard InChI is InChI=1S/C25H20F5NO4/c1-2-34-24(33)16-7-5-15(6-8-16)12-18(32)14-19(23-20(26)4-3-11-31-23)17-9-10-22(21(27)13-17)35-25(28,29)30/h3-11,13,19H,2,12,14H2,1H3/t19-/m0/s1. The van der Waals surface area contributed by atoms with Gasteiger partial charge in [0.15, 0.2) is 11.6 Å². The molecule has 1 atom stereocenters. The van der Waals surface area contributed by atoms with Crippen LogP contribution in [0.2, 0.25) is 0 Å². The zero-order valence-electron chi connectivity index (χ0n) is 18.4. The number of benzene rings is 2. The Kier molecular flexibility index (Phi) is 8.16. The number of carbonyl (C=O) groups excluding carboxylic acids is 2. The molecule has 35 heavy (non-hydrogen) atoms. The lowest BCUT2D eigenvalue weighted by Crippen LogP contribution is -2.18. The van der Waals surface area contributed by atoms with Gasteiger partial charge in [0.1, 0.15) is 11.6 Å². The SMILES string of the molecule is CCOC(=O)c1ccc(CC(=O)C[C@@H](c2ccc(OC(F)(F)F)c(F)c2)c2ncccc2F)cc1. The van der Waals surface area contributed by atoms with E-state index in [9.17, 15) is 31.5 Å². The van der Waals surface area contributed by atoms with Crippen LogP contribution in [0.1, 0.15) is 46.4 Å². The number of hydrogen-bond donors (Lipinski definition) is 0. The Labute approximate surface area is 197 Å². The number of ether oxygens (including phenoxy) is 2. The van der Waals surface area contributed by atoms with E-state index in [1.807, 2.05) is 0 Å². The Morgan fingerprint density at radius 1 is 1.00 bits per heavy atom. The van der Waals surface area contributed by atoms with Crippen LogP contribution in [0.25, 0.3) is 0 Å². The van der Waals surface area contributed by atoms with Crippen LogP contribution in [-0.2, 0) is 16.0 Å². The second-order valence-corrected chi connectivity index (χ2v) is 7.50. The average Bonchev–Trinajstić information content (AvgIpc) is 2.79. The number of pyridine rings is 1. The highest BCUT2D eigenvalue weighted by atomic mass is 19.4. The van der Waals surface area contributed by atoms with Gasteiger partial charge in [-0.2, -0.15) is 0 Å². The molecule has 0 radical (unpaired) electrons. The first-order valence-corrected chi connectivity index (χ1v) is 10.5. The van der Waals surface area contributed by atoms with Crippen LogP contribution in [0.3, 0.4) is 0 Å². The molecule has 3 rings (SSSR count). The van der Waals surface area contributed by atoms with Crippen molar-refractivity contribution in [2.45, 2.75) is 32.0 Å². The fraction of sp³-hybridized carbons (Fsp3) is 0.240. The number of halogens is 5. The average molecular weight is 493 g/mol. The molecule has 0 unspecified atom stereocenters. The molecule has 5 nitrogen and oxygen atoms in total. The Hall–Kier alpha value is -3.82. The highest BCUT2D eigenvalue weighted by Crippen LogP contribution is 2.33. The first kappa shape index (κ1) is 25.8. The quantitative estimate of drug-likeness (QED) is 0.280. The third kappa shape index (κ3) is 7.08. The maximum Gasteiger partial charge on any atom is 0.573 e. The molecular weight excluding hydrogens is 473 g/mol. The van der Waals surface area contributed by atoms with Crippen molar-refractivity contribution < 1.29 is 41.0 Å². The van der Waals surface area contributed by atoms with Crippen molar-refractivity contribution in [2.75, 3.05) is 6.61 Å². The van der Waals surface area contributed by atoms with Crippen LogP contribution in [0.4, 0.5) is 22.0 Å². The van der Waals surface area contributed by atoms with Gasteiger partial charge < -0.3 is 9.47 Å². The third-order valence-corrected chi connectivity index (χ3v) is 5.00. The molecule has 0 aliphatic rings. The lowest BCUT2D eigenvalue weighted by atomic mass is 9.88. The van der Waals surface area contributed by atoms with Crippen molar-refractivity contribution in [1.29, 1.82) is 0 Å². The third-order valence-electron chi connectivity index (χ3n) is 5.00. The van der Waals surface area contributed by atoms with Gasteiger partial charge in [-0.1, -0.05) is 18.2 Å². The first-order chi connectivity index (χ1) is 16.6. The number of nitrogens with zero attached hydrogens (tertiary/aromatic N) is 1. The molecule has 1 heterocycles. The molecule has 2 aromatic carbocycles. The molecule has 0 fully saturated rings. The van der Waals surface area contributed by atoms with Crippen LogP contribution in [0.15, 0.2) is 60.8 Å². The summed E-state index contributed by atoms with van der Waals surface area (Å²) in [7, 11) is 0. The van der Waals surface area contributed by atoms with E-state index in [4.69, 9.17) is 4.74 Å². The summed E-state index contributed by atoms with van der Waals surface area (Å²) < 4.78 is 74.8. The summed E-state index contributed by atoms with van der Waals surface area (Å²) in [6, 6.07) is 11.3. The number of carbonyl (C=O) groups is 2. The zero-order valence-corrected chi connectivity index (χ0v) is 18.4. The van der Waals surface area contributed by atoms with Gasteiger partial charge in [-0.25, -0.2) is 13.6 Å². The van der Waals surface area contributed by atoms with Crippen molar-refractivity contribution in [2.24, 2.45) is 0 Å². The van der Waals surface area contributed by atoms with Gasteiger partial charge in [-0.15, -0.1) is 13.2 Å². The maximum atomic E-state index is 14.5. The summed E-state index contributed by atoms with van der Waals surface area (Å²) in [5.41, 5.74) is 0.791. The van der Waals surface area contributed by atoms with Crippen molar-refractivity contribution in [3.63, 3.8) is 0 Å². The Balaban J connectivity index is 1.84. The van der Waals surface area contributed by atoms with Gasteiger partial charge in [-0.3, -0.25) is 9.78 Å². The molecule has 1 aromatic heterocycles. The number of ketones is 1. The normalized spacial score (nSPS) is 12.2. The minimum Gasteiger partial charge on any atom is -0.462 e. The van der Waals surface area contributed by atoms with E-state index in [1.165, 1.54) is 24.4 Å². The largest absolute Gasteiger partial charge is 0.573 e. The summed E-state index contributed by atoms with van der Waals surface area (Å²) in [4.78, 5) is 28.6. The Morgan fingerprint density at radius 2 is 1.71 bits per heavy atom. The van der Waals surface area contributed by atoms with Crippen molar-refractivity contribution in [3.8, 4) is 5.75 Å². The predicted octanol–water partition coefficient (Wildman–Crippen LogP) is 5.77. The minimum atomic E-state index is -5.09.